The Hall–Kier alpha value is -1.91. The smallest absolute Gasteiger partial charge is 0.341 e. The average molecular weight is 250 g/mol. The lowest BCUT2D eigenvalue weighted by atomic mass is 9.97. The lowest BCUT2D eigenvalue weighted by molar-refractivity contribution is -0.163. The molecule has 0 saturated carbocycles. The highest BCUT2D eigenvalue weighted by molar-refractivity contribution is 5.99. The van der Waals surface area contributed by atoms with Gasteiger partial charge in [0.15, 0.2) is 0 Å². The third kappa shape index (κ3) is 3.84. The van der Waals surface area contributed by atoms with E-state index in [1.165, 1.54) is 0 Å². The van der Waals surface area contributed by atoms with Gasteiger partial charge < -0.3 is 4.74 Å². The molecule has 0 unspecified atom stereocenters. The quantitative estimate of drug-likeness (QED) is 0.457. The van der Waals surface area contributed by atoms with Crippen molar-refractivity contribution in [2.75, 3.05) is 0 Å². The van der Waals surface area contributed by atoms with Gasteiger partial charge in [-0.1, -0.05) is 0 Å². The molecule has 1 heterocycles. The van der Waals surface area contributed by atoms with Crippen molar-refractivity contribution in [1.82, 2.24) is 9.78 Å². The zero-order valence-electron chi connectivity index (χ0n) is 11.4. The molecule has 0 atom stereocenters. The Kier molecular flexibility index (Phi) is 4.06. The van der Waals surface area contributed by atoms with Gasteiger partial charge in [-0.2, -0.15) is 5.10 Å². The van der Waals surface area contributed by atoms with Gasteiger partial charge in [-0.15, -0.1) is 0 Å². The number of aromatic nitrogens is 2. The molecule has 0 N–H and O–H groups in total. The molecule has 0 saturated heterocycles. The molecule has 5 nitrogen and oxygen atoms in total. The summed E-state index contributed by atoms with van der Waals surface area (Å²) in [6.45, 7) is 6.69. The maximum absolute atomic E-state index is 11.7. The van der Waals surface area contributed by atoms with Crippen molar-refractivity contribution in [2.45, 2.75) is 27.7 Å². The van der Waals surface area contributed by atoms with Gasteiger partial charge in [0.2, 0.25) is 0 Å². The topological polar surface area (TPSA) is 61.2 Å². The van der Waals surface area contributed by atoms with Crippen LogP contribution in [0.3, 0.4) is 0 Å². The van der Waals surface area contributed by atoms with Gasteiger partial charge in [0, 0.05) is 24.4 Å². The summed E-state index contributed by atoms with van der Waals surface area (Å²) in [5.74, 6) is -1.16. The van der Waals surface area contributed by atoms with Crippen molar-refractivity contribution in [1.29, 1.82) is 0 Å². The zero-order chi connectivity index (χ0) is 13.9. The first-order valence-electron chi connectivity index (χ1n) is 5.63. The summed E-state index contributed by atoms with van der Waals surface area (Å²) in [6, 6.07) is 0. The SMILES string of the molecule is C/C(=C\c1cnn(C)c1)C(=O)OC(=O)C(C)(C)C. The Labute approximate surface area is 106 Å². The number of aryl methyl sites for hydroxylation is 1. The standard InChI is InChI=1S/C13H18N2O3/c1-9(6-10-7-14-15(5)8-10)11(16)18-12(17)13(2,3)4/h6-8H,1-5H3/b9-6+. The number of carbonyl (C=O) groups excluding carboxylic acids is 2. The molecule has 1 rings (SSSR count). The monoisotopic (exact) mass is 250 g/mol. The number of carbonyl (C=O) groups is 2. The average Bonchev–Trinajstić information content (AvgIpc) is 2.62. The van der Waals surface area contributed by atoms with E-state index in [0.717, 1.165) is 5.56 Å². The highest BCUT2D eigenvalue weighted by Gasteiger charge is 2.26. The Morgan fingerprint density at radius 2 is 2.00 bits per heavy atom. The molecule has 0 aliphatic heterocycles. The molecule has 98 valence electrons. The summed E-state index contributed by atoms with van der Waals surface area (Å²) < 4.78 is 6.41. The molecule has 0 spiro atoms. The second-order valence-corrected chi connectivity index (χ2v) is 5.20. The van der Waals surface area contributed by atoms with Crippen molar-refractivity contribution < 1.29 is 14.3 Å². The van der Waals surface area contributed by atoms with E-state index in [4.69, 9.17) is 4.74 Å². The van der Waals surface area contributed by atoms with E-state index in [1.54, 1.807) is 57.9 Å². The first-order chi connectivity index (χ1) is 8.20. The molecule has 0 aliphatic carbocycles. The van der Waals surface area contributed by atoms with Crippen LogP contribution in [0.1, 0.15) is 33.3 Å². The van der Waals surface area contributed by atoms with Crippen LogP contribution in [-0.2, 0) is 21.4 Å². The third-order valence-corrected chi connectivity index (χ3v) is 2.23. The lowest BCUT2D eigenvalue weighted by Gasteiger charge is -2.15. The minimum Gasteiger partial charge on any atom is -0.389 e. The summed E-state index contributed by atoms with van der Waals surface area (Å²) in [7, 11) is 1.79. The maximum Gasteiger partial charge on any atom is 0.341 e. The van der Waals surface area contributed by atoms with Crippen LogP contribution in [0, 0.1) is 5.41 Å². The van der Waals surface area contributed by atoms with Crippen LogP contribution >= 0.6 is 0 Å². The van der Waals surface area contributed by atoms with Crippen LogP contribution in [-0.4, -0.2) is 21.7 Å². The Morgan fingerprint density at radius 1 is 1.39 bits per heavy atom. The Morgan fingerprint density at radius 3 is 2.44 bits per heavy atom. The molecule has 0 amide bonds. The lowest BCUT2D eigenvalue weighted by Crippen LogP contribution is -2.26. The third-order valence-electron chi connectivity index (χ3n) is 2.23. The van der Waals surface area contributed by atoms with E-state index < -0.39 is 17.4 Å². The van der Waals surface area contributed by atoms with Crippen molar-refractivity contribution in [3.8, 4) is 0 Å². The fourth-order valence-electron chi connectivity index (χ4n) is 1.14. The molecular formula is C13H18N2O3. The van der Waals surface area contributed by atoms with Gasteiger partial charge in [-0.25, -0.2) is 4.79 Å². The Bertz CT molecular complexity index is 493. The minimum absolute atomic E-state index is 0.362. The van der Waals surface area contributed by atoms with Crippen LogP contribution in [0.4, 0.5) is 0 Å². The highest BCUT2D eigenvalue weighted by Crippen LogP contribution is 2.16. The molecule has 0 fully saturated rings. The number of rotatable bonds is 2. The molecule has 1 aromatic rings. The van der Waals surface area contributed by atoms with E-state index in [2.05, 4.69) is 5.10 Å². The summed E-state index contributed by atoms with van der Waals surface area (Å²) in [5, 5.41) is 3.98. The molecule has 5 heteroatoms. The van der Waals surface area contributed by atoms with Gasteiger partial charge in [0.1, 0.15) is 0 Å². The molecule has 1 aromatic heterocycles. The number of hydrogen-bond donors (Lipinski definition) is 0. The van der Waals surface area contributed by atoms with Crippen LogP contribution in [0.15, 0.2) is 18.0 Å². The van der Waals surface area contributed by atoms with Crippen LogP contribution in [0.2, 0.25) is 0 Å². The summed E-state index contributed by atoms with van der Waals surface area (Å²) >= 11 is 0. The van der Waals surface area contributed by atoms with Crippen molar-refractivity contribution >= 4 is 18.0 Å². The maximum atomic E-state index is 11.7. The van der Waals surface area contributed by atoms with Crippen LogP contribution in [0.5, 0.6) is 0 Å². The molecular weight excluding hydrogens is 232 g/mol. The highest BCUT2D eigenvalue weighted by atomic mass is 16.6. The van der Waals surface area contributed by atoms with E-state index >= 15 is 0 Å². The van der Waals surface area contributed by atoms with Gasteiger partial charge in [0.25, 0.3) is 0 Å². The van der Waals surface area contributed by atoms with Gasteiger partial charge in [-0.3, -0.25) is 9.48 Å². The van der Waals surface area contributed by atoms with Gasteiger partial charge in [0.05, 0.1) is 11.6 Å². The molecule has 18 heavy (non-hydrogen) atoms. The molecule has 0 aliphatic rings. The fraction of sp³-hybridized carbons (Fsp3) is 0.462. The number of hydrogen-bond acceptors (Lipinski definition) is 4. The summed E-state index contributed by atoms with van der Waals surface area (Å²) in [6.07, 6.45) is 5.02. The van der Waals surface area contributed by atoms with Crippen LogP contribution in [0.25, 0.3) is 6.08 Å². The predicted octanol–water partition coefficient (Wildman–Crippen LogP) is 1.94. The normalized spacial score (nSPS) is 12.4. The number of esters is 2. The van der Waals surface area contributed by atoms with Crippen molar-refractivity contribution in [3.63, 3.8) is 0 Å². The second-order valence-electron chi connectivity index (χ2n) is 5.20. The first-order valence-corrected chi connectivity index (χ1v) is 5.63. The molecule has 0 radical (unpaired) electrons. The number of ether oxygens (including phenoxy) is 1. The van der Waals surface area contributed by atoms with E-state index in [-0.39, 0.29) is 0 Å². The second kappa shape index (κ2) is 5.16. The van der Waals surface area contributed by atoms with E-state index in [9.17, 15) is 9.59 Å². The predicted molar refractivity (Wildman–Crippen MR) is 67.4 cm³/mol. The molecule has 0 aromatic carbocycles. The first kappa shape index (κ1) is 14.2. The zero-order valence-corrected chi connectivity index (χ0v) is 11.4. The van der Waals surface area contributed by atoms with Crippen molar-refractivity contribution in [2.24, 2.45) is 12.5 Å². The Balaban J connectivity index is 2.73. The van der Waals surface area contributed by atoms with Gasteiger partial charge in [-0.05, 0) is 33.8 Å². The van der Waals surface area contributed by atoms with E-state index in [1.807, 2.05) is 0 Å². The van der Waals surface area contributed by atoms with Crippen LogP contribution < -0.4 is 0 Å². The van der Waals surface area contributed by atoms with E-state index in [0.29, 0.717) is 5.57 Å². The van der Waals surface area contributed by atoms with Gasteiger partial charge >= 0.3 is 11.9 Å². The fourth-order valence-corrected chi connectivity index (χ4v) is 1.14. The number of nitrogens with zero attached hydrogens (tertiary/aromatic N) is 2. The molecule has 0 bridgehead atoms. The minimum atomic E-state index is -0.690. The largest absolute Gasteiger partial charge is 0.389 e. The van der Waals surface area contributed by atoms with Crippen molar-refractivity contribution in [3.05, 3.63) is 23.5 Å². The summed E-state index contributed by atoms with van der Waals surface area (Å²) in [5.41, 5.74) is 0.459. The summed E-state index contributed by atoms with van der Waals surface area (Å²) in [4.78, 5) is 23.2.